The topological polar surface area (TPSA) is 56.0 Å². The number of aryl methyl sites for hydroxylation is 1. The molecule has 0 unspecified atom stereocenters. The highest BCUT2D eigenvalue weighted by Gasteiger charge is 2.20. The highest BCUT2D eigenvalue weighted by molar-refractivity contribution is 7.12. The first-order chi connectivity index (χ1) is 9.27. The van der Waals surface area contributed by atoms with Gasteiger partial charge in [-0.1, -0.05) is 0 Å². The van der Waals surface area contributed by atoms with Crippen molar-refractivity contribution in [1.29, 1.82) is 0 Å². The summed E-state index contributed by atoms with van der Waals surface area (Å²) in [6.45, 7) is 1.82. The molecular weight excluding hydrogens is 260 g/mol. The zero-order valence-corrected chi connectivity index (χ0v) is 11.0. The molecule has 5 heteroatoms. The Hall–Kier alpha value is -2.27. The molecule has 0 atom stereocenters. The van der Waals surface area contributed by atoms with E-state index in [1.807, 2.05) is 6.92 Å². The molecule has 0 fully saturated rings. The van der Waals surface area contributed by atoms with Crippen LogP contribution < -0.4 is 0 Å². The quantitative estimate of drug-likeness (QED) is 0.685. The van der Waals surface area contributed by atoms with Gasteiger partial charge in [-0.3, -0.25) is 9.78 Å². The molecule has 3 aromatic heterocycles. The van der Waals surface area contributed by atoms with Gasteiger partial charge in [-0.2, -0.15) is 0 Å². The summed E-state index contributed by atoms with van der Waals surface area (Å²) >= 11 is 1.31. The van der Waals surface area contributed by atoms with E-state index in [0.29, 0.717) is 27.6 Å². The van der Waals surface area contributed by atoms with Crippen molar-refractivity contribution in [3.05, 3.63) is 58.4 Å². The Morgan fingerprint density at radius 2 is 2.16 bits per heavy atom. The molecule has 94 valence electrons. The van der Waals surface area contributed by atoms with Crippen molar-refractivity contribution in [3.63, 3.8) is 0 Å². The van der Waals surface area contributed by atoms with Crippen molar-refractivity contribution in [3.8, 4) is 11.5 Å². The Labute approximate surface area is 113 Å². The summed E-state index contributed by atoms with van der Waals surface area (Å²) in [7, 11) is 0. The van der Waals surface area contributed by atoms with Crippen LogP contribution in [-0.2, 0) is 0 Å². The molecule has 19 heavy (non-hydrogen) atoms. The van der Waals surface area contributed by atoms with Gasteiger partial charge in [-0.15, -0.1) is 11.3 Å². The number of hydrogen-bond donors (Lipinski definition) is 0. The maximum Gasteiger partial charge on any atom is 0.207 e. The van der Waals surface area contributed by atoms with E-state index in [1.165, 1.54) is 11.3 Å². The summed E-state index contributed by atoms with van der Waals surface area (Å²) in [6, 6.07) is 7.10. The van der Waals surface area contributed by atoms with E-state index in [2.05, 4.69) is 9.97 Å². The predicted octanol–water partition coefficient (Wildman–Crippen LogP) is 3.34. The van der Waals surface area contributed by atoms with Crippen LogP contribution in [0.2, 0.25) is 0 Å². The summed E-state index contributed by atoms with van der Waals surface area (Å²) in [5, 5.41) is 0. The lowest BCUT2D eigenvalue weighted by atomic mass is 10.1. The van der Waals surface area contributed by atoms with Crippen LogP contribution in [0.15, 0.2) is 46.7 Å². The van der Waals surface area contributed by atoms with Crippen LogP contribution in [0.5, 0.6) is 0 Å². The van der Waals surface area contributed by atoms with Crippen molar-refractivity contribution in [2.45, 2.75) is 6.92 Å². The minimum absolute atomic E-state index is 0.0699. The summed E-state index contributed by atoms with van der Waals surface area (Å²) in [4.78, 5) is 21.5. The molecule has 3 rings (SSSR count). The average Bonchev–Trinajstić information content (AvgIpc) is 3.09. The Kier molecular flexibility index (Phi) is 2.97. The number of carbonyl (C=O) groups excluding carboxylic acids is 1. The van der Waals surface area contributed by atoms with E-state index in [-0.39, 0.29) is 5.78 Å². The minimum Gasteiger partial charge on any atom is -0.463 e. The smallest absolute Gasteiger partial charge is 0.207 e. The van der Waals surface area contributed by atoms with Gasteiger partial charge < -0.3 is 4.42 Å². The van der Waals surface area contributed by atoms with Crippen molar-refractivity contribution in [2.75, 3.05) is 0 Å². The number of rotatable bonds is 3. The van der Waals surface area contributed by atoms with E-state index >= 15 is 0 Å². The summed E-state index contributed by atoms with van der Waals surface area (Å²) in [6.07, 6.45) is 3.24. The molecule has 0 aliphatic rings. The Morgan fingerprint density at radius 1 is 1.26 bits per heavy atom. The van der Waals surface area contributed by atoms with E-state index in [1.54, 1.807) is 42.2 Å². The second kappa shape index (κ2) is 4.78. The molecule has 0 saturated heterocycles. The lowest BCUT2D eigenvalue weighted by Crippen LogP contribution is -2.04. The number of aromatic nitrogens is 2. The Balaban J connectivity index is 2.07. The number of hydrogen-bond acceptors (Lipinski definition) is 5. The molecule has 0 saturated carbocycles. The summed E-state index contributed by atoms with van der Waals surface area (Å²) in [5.41, 5.74) is 3.55. The van der Waals surface area contributed by atoms with E-state index < -0.39 is 0 Å². The van der Waals surface area contributed by atoms with Crippen LogP contribution >= 0.6 is 11.3 Å². The fourth-order valence-electron chi connectivity index (χ4n) is 1.84. The third-order valence-corrected chi connectivity index (χ3v) is 3.61. The second-order valence-electron chi connectivity index (χ2n) is 3.97. The molecule has 0 N–H and O–H groups in total. The largest absolute Gasteiger partial charge is 0.463 e. The SMILES string of the molecule is Cc1ncccc1C(=O)c1scnc1-c1ccco1. The third-order valence-electron chi connectivity index (χ3n) is 2.78. The van der Waals surface area contributed by atoms with Gasteiger partial charge in [0.15, 0.2) is 5.76 Å². The minimum atomic E-state index is -0.0699. The third kappa shape index (κ3) is 2.08. The number of ketones is 1. The van der Waals surface area contributed by atoms with Gasteiger partial charge in [0, 0.05) is 17.5 Å². The zero-order chi connectivity index (χ0) is 13.2. The van der Waals surface area contributed by atoms with Gasteiger partial charge in [0.2, 0.25) is 5.78 Å². The number of thiazole rings is 1. The number of nitrogens with zero attached hydrogens (tertiary/aromatic N) is 2. The fourth-order valence-corrected chi connectivity index (χ4v) is 2.59. The van der Waals surface area contributed by atoms with E-state index in [0.717, 1.165) is 0 Å². The molecule has 0 bridgehead atoms. The molecule has 3 aromatic rings. The first-order valence-electron chi connectivity index (χ1n) is 5.71. The maximum absolute atomic E-state index is 12.5. The van der Waals surface area contributed by atoms with Gasteiger partial charge in [-0.05, 0) is 31.2 Å². The Morgan fingerprint density at radius 3 is 2.89 bits per heavy atom. The van der Waals surface area contributed by atoms with Crippen molar-refractivity contribution in [1.82, 2.24) is 9.97 Å². The van der Waals surface area contributed by atoms with Crippen LogP contribution in [0.4, 0.5) is 0 Å². The highest BCUT2D eigenvalue weighted by atomic mass is 32.1. The molecule has 0 radical (unpaired) electrons. The van der Waals surface area contributed by atoms with Crippen LogP contribution in [0, 0.1) is 6.92 Å². The number of pyridine rings is 1. The fraction of sp³-hybridized carbons (Fsp3) is 0.0714. The molecule has 0 aliphatic carbocycles. The molecule has 0 spiro atoms. The number of furan rings is 1. The average molecular weight is 270 g/mol. The van der Waals surface area contributed by atoms with Gasteiger partial charge in [0.25, 0.3) is 0 Å². The lowest BCUT2D eigenvalue weighted by molar-refractivity contribution is 0.104. The molecule has 0 aromatic carbocycles. The highest BCUT2D eigenvalue weighted by Crippen LogP contribution is 2.28. The molecule has 3 heterocycles. The van der Waals surface area contributed by atoms with Crippen molar-refractivity contribution >= 4 is 17.1 Å². The van der Waals surface area contributed by atoms with Gasteiger partial charge in [0.05, 0.1) is 11.8 Å². The second-order valence-corrected chi connectivity index (χ2v) is 4.83. The number of carbonyl (C=O) groups is 1. The van der Waals surface area contributed by atoms with Crippen LogP contribution in [0.1, 0.15) is 20.9 Å². The first kappa shape index (κ1) is 11.8. The first-order valence-corrected chi connectivity index (χ1v) is 6.59. The van der Waals surface area contributed by atoms with Crippen LogP contribution in [0.25, 0.3) is 11.5 Å². The lowest BCUT2D eigenvalue weighted by Gasteiger charge is -2.02. The zero-order valence-electron chi connectivity index (χ0n) is 10.2. The normalized spacial score (nSPS) is 10.6. The van der Waals surface area contributed by atoms with Gasteiger partial charge in [-0.25, -0.2) is 4.98 Å². The standard InChI is InChI=1S/C14H10N2O2S/c1-9-10(4-2-6-15-9)13(17)14-12(16-8-19-14)11-5-3-7-18-11/h2-8H,1H3. The molecule has 0 amide bonds. The summed E-state index contributed by atoms with van der Waals surface area (Å²) < 4.78 is 5.31. The van der Waals surface area contributed by atoms with E-state index in [4.69, 9.17) is 4.42 Å². The van der Waals surface area contributed by atoms with E-state index in [9.17, 15) is 4.79 Å². The molecule has 4 nitrogen and oxygen atoms in total. The van der Waals surface area contributed by atoms with Crippen LogP contribution in [0.3, 0.4) is 0 Å². The predicted molar refractivity (Wildman–Crippen MR) is 72.2 cm³/mol. The van der Waals surface area contributed by atoms with Crippen molar-refractivity contribution < 1.29 is 9.21 Å². The van der Waals surface area contributed by atoms with Gasteiger partial charge in [0.1, 0.15) is 10.6 Å². The van der Waals surface area contributed by atoms with Crippen molar-refractivity contribution in [2.24, 2.45) is 0 Å². The summed E-state index contributed by atoms with van der Waals surface area (Å²) in [5.74, 6) is 0.533. The monoisotopic (exact) mass is 270 g/mol. The van der Waals surface area contributed by atoms with Gasteiger partial charge >= 0.3 is 0 Å². The Bertz CT molecular complexity index is 717. The van der Waals surface area contributed by atoms with Crippen LogP contribution in [-0.4, -0.2) is 15.8 Å². The molecule has 0 aliphatic heterocycles. The maximum atomic E-state index is 12.5. The molecular formula is C14H10N2O2S.